The molecule has 0 aromatic carbocycles. The first-order valence-corrected chi connectivity index (χ1v) is 4.21. The third kappa shape index (κ3) is 1.77. The number of rotatable bonds is 1. The lowest BCUT2D eigenvalue weighted by Crippen LogP contribution is -2.20. The van der Waals surface area contributed by atoms with E-state index in [1.54, 1.807) is 0 Å². The van der Waals surface area contributed by atoms with Crippen molar-refractivity contribution in [3.05, 3.63) is 11.0 Å². The zero-order valence-electron chi connectivity index (χ0n) is 6.18. The first-order valence-electron chi connectivity index (χ1n) is 3.33. The van der Waals surface area contributed by atoms with Crippen molar-refractivity contribution in [2.45, 2.75) is 20.3 Å². The molecule has 1 aliphatic rings. The van der Waals surface area contributed by atoms with Crippen LogP contribution in [0.1, 0.15) is 20.3 Å². The number of nitrogens with one attached hydrogen (secondary N) is 1. The molecule has 10 heavy (non-hydrogen) atoms. The van der Waals surface area contributed by atoms with Crippen molar-refractivity contribution in [2.24, 2.45) is 5.92 Å². The van der Waals surface area contributed by atoms with Gasteiger partial charge in [0, 0.05) is 6.42 Å². The zero-order valence-corrected chi connectivity index (χ0v) is 6.99. The molecule has 1 amide bonds. The minimum absolute atomic E-state index is 0.121. The second-order valence-corrected chi connectivity index (χ2v) is 3.34. The van der Waals surface area contributed by atoms with Gasteiger partial charge in [0.15, 0.2) is 0 Å². The number of hydrogen-bond acceptors (Lipinski definition) is 2. The summed E-state index contributed by atoms with van der Waals surface area (Å²) in [5.41, 5.74) is 1.23. The smallest absolute Gasteiger partial charge is 0.234 e. The molecule has 0 aliphatic carbocycles. The van der Waals surface area contributed by atoms with E-state index in [1.165, 1.54) is 17.5 Å². The molecule has 0 unspecified atom stereocenters. The zero-order chi connectivity index (χ0) is 7.56. The summed E-state index contributed by atoms with van der Waals surface area (Å²) in [6.45, 7) is 4.20. The monoisotopic (exact) mass is 157 g/mol. The second-order valence-electron chi connectivity index (χ2n) is 2.67. The summed E-state index contributed by atoms with van der Waals surface area (Å²) in [4.78, 5) is 10.8. The van der Waals surface area contributed by atoms with Gasteiger partial charge >= 0.3 is 0 Å². The SMILES string of the molecule is CC(C)C1=CSNC(=O)C1. The van der Waals surface area contributed by atoms with Gasteiger partial charge in [-0.1, -0.05) is 19.4 Å². The molecule has 56 valence electrons. The van der Waals surface area contributed by atoms with Crippen molar-refractivity contribution in [3.8, 4) is 0 Å². The molecule has 0 saturated heterocycles. The summed E-state index contributed by atoms with van der Waals surface area (Å²) in [6.07, 6.45) is 0.574. The Bertz CT molecular complexity index is 174. The van der Waals surface area contributed by atoms with Crippen molar-refractivity contribution in [2.75, 3.05) is 0 Å². The molecule has 1 N–H and O–H groups in total. The summed E-state index contributed by atoms with van der Waals surface area (Å²) >= 11 is 1.38. The fraction of sp³-hybridized carbons (Fsp3) is 0.571. The van der Waals surface area contributed by atoms with Gasteiger partial charge in [-0.2, -0.15) is 0 Å². The first kappa shape index (κ1) is 7.66. The summed E-state index contributed by atoms with van der Waals surface area (Å²) < 4.78 is 2.67. The second kappa shape index (κ2) is 3.10. The highest BCUT2D eigenvalue weighted by Crippen LogP contribution is 2.21. The van der Waals surface area contributed by atoms with Crippen LogP contribution < -0.4 is 4.72 Å². The Morgan fingerprint density at radius 2 is 2.40 bits per heavy atom. The Hall–Kier alpha value is -0.440. The largest absolute Gasteiger partial charge is 0.296 e. The van der Waals surface area contributed by atoms with E-state index in [4.69, 9.17) is 0 Å². The van der Waals surface area contributed by atoms with Crippen molar-refractivity contribution < 1.29 is 4.79 Å². The van der Waals surface area contributed by atoms with Crippen LogP contribution >= 0.6 is 11.9 Å². The molecule has 0 radical (unpaired) electrons. The van der Waals surface area contributed by atoms with E-state index in [0.717, 1.165) is 0 Å². The van der Waals surface area contributed by atoms with Gasteiger partial charge in [-0.15, -0.1) is 0 Å². The lowest BCUT2D eigenvalue weighted by atomic mass is 10.0. The fourth-order valence-electron chi connectivity index (χ4n) is 0.774. The highest BCUT2D eigenvalue weighted by Gasteiger charge is 2.12. The van der Waals surface area contributed by atoms with E-state index in [1.807, 2.05) is 5.41 Å². The van der Waals surface area contributed by atoms with Crippen LogP contribution in [0, 0.1) is 5.92 Å². The lowest BCUT2D eigenvalue weighted by molar-refractivity contribution is -0.118. The highest BCUT2D eigenvalue weighted by atomic mass is 32.2. The number of carbonyl (C=O) groups excluding carboxylic acids is 1. The van der Waals surface area contributed by atoms with Crippen LogP contribution in [-0.2, 0) is 4.79 Å². The molecular formula is C7H11NOS. The Balaban J connectivity index is 2.60. The van der Waals surface area contributed by atoms with Crippen molar-refractivity contribution in [1.82, 2.24) is 4.72 Å². The third-order valence-corrected chi connectivity index (χ3v) is 2.26. The molecule has 0 spiro atoms. The van der Waals surface area contributed by atoms with Crippen LogP contribution in [0.15, 0.2) is 11.0 Å². The Morgan fingerprint density at radius 3 is 2.80 bits per heavy atom. The number of amides is 1. The Morgan fingerprint density at radius 1 is 1.70 bits per heavy atom. The van der Waals surface area contributed by atoms with Crippen LogP contribution in [0.4, 0.5) is 0 Å². The van der Waals surface area contributed by atoms with Crippen LogP contribution in [0.25, 0.3) is 0 Å². The maximum Gasteiger partial charge on any atom is 0.234 e. The van der Waals surface area contributed by atoms with Gasteiger partial charge in [-0.3, -0.25) is 9.52 Å². The van der Waals surface area contributed by atoms with Gasteiger partial charge in [0.2, 0.25) is 5.91 Å². The quantitative estimate of drug-likeness (QED) is 0.587. The fourth-order valence-corrected chi connectivity index (χ4v) is 1.54. The minimum atomic E-state index is 0.121. The third-order valence-electron chi connectivity index (χ3n) is 1.49. The van der Waals surface area contributed by atoms with E-state index in [0.29, 0.717) is 12.3 Å². The van der Waals surface area contributed by atoms with Crippen LogP contribution in [0.5, 0.6) is 0 Å². The summed E-state index contributed by atoms with van der Waals surface area (Å²) in [5, 5.41) is 2.02. The average molecular weight is 157 g/mol. The van der Waals surface area contributed by atoms with Crippen LogP contribution in [-0.4, -0.2) is 5.91 Å². The molecule has 1 heterocycles. The molecule has 0 fully saturated rings. The molecule has 0 atom stereocenters. The van der Waals surface area contributed by atoms with Crippen molar-refractivity contribution in [3.63, 3.8) is 0 Å². The topological polar surface area (TPSA) is 29.1 Å². The van der Waals surface area contributed by atoms with E-state index in [2.05, 4.69) is 18.6 Å². The normalized spacial score (nSPS) is 18.7. The molecule has 0 aromatic rings. The predicted molar refractivity (Wildman–Crippen MR) is 43.3 cm³/mol. The molecule has 2 nitrogen and oxygen atoms in total. The van der Waals surface area contributed by atoms with E-state index >= 15 is 0 Å². The molecule has 0 aromatic heterocycles. The minimum Gasteiger partial charge on any atom is -0.296 e. The molecule has 1 rings (SSSR count). The average Bonchev–Trinajstić information content (AvgIpc) is 1.88. The Labute approximate surface area is 65.2 Å². The summed E-state index contributed by atoms with van der Waals surface area (Å²) in [7, 11) is 0. The first-order chi connectivity index (χ1) is 4.70. The standard InChI is InChI=1S/C7H11NOS/c1-5(2)6-3-7(9)8-10-4-6/h4-5H,3H2,1-2H3,(H,8,9). The number of carbonyl (C=O) groups is 1. The molecule has 3 heteroatoms. The Kier molecular flexibility index (Phi) is 2.38. The van der Waals surface area contributed by atoms with Gasteiger partial charge in [0.1, 0.15) is 0 Å². The predicted octanol–water partition coefficient (Wildman–Crippen LogP) is 1.69. The maximum absolute atomic E-state index is 10.8. The van der Waals surface area contributed by atoms with E-state index in [-0.39, 0.29) is 5.91 Å². The van der Waals surface area contributed by atoms with Crippen LogP contribution in [0.2, 0.25) is 0 Å². The summed E-state index contributed by atoms with van der Waals surface area (Å²) in [5.74, 6) is 0.620. The van der Waals surface area contributed by atoms with Gasteiger partial charge in [0.05, 0.1) is 0 Å². The highest BCUT2D eigenvalue weighted by molar-refractivity contribution is 8.00. The molecule has 0 bridgehead atoms. The molecule has 0 saturated carbocycles. The molecule has 1 aliphatic heterocycles. The summed E-state index contributed by atoms with van der Waals surface area (Å²) in [6, 6.07) is 0. The van der Waals surface area contributed by atoms with Gasteiger partial charge in [0.25, 0.3) is 0 Å². The van der Waals surface area contributed by atoms with Gasteiger partial charge in [-0.05, 0) is 23.3 Å². The van der Waals surface area contributed by atoms with Crippen molar-refractivity contribution in [1.29, 1.82) is 0 Å². The molecular weight excluding hydrogens is 146 g/mol. The van der Waals surface area contributed by atoms with Gasteiger partial charge in [-0.25, -0.2) is 0 Å². The van der Waals surface area contributed by atoms with Crippen LogP contribution in [0.3, 0.4) is 0 Å². The van der Waals surface area contributed by atoms with E-state index in [9.17, 15) is 4.79 Å². The maximum atomic E-state index is 10.8. The van der Waals surface area contributed by atoms with E-state index < -0.39 is 0 Å². The number of hydrogen-bond donors (Lipinski definition) is 1. The van der Waals surface area contributed by atoms with Gasteiger partial charge < -0.3 is 0 Å². The van der Waals surface area contributed by atoms with Crippen molar-refractivity contribution >= 4 is 17.9 Å². The lowest BCUT2D eigenvalue weighted by Gasteiger charge is -2.14.